The molecule has 0 aliphatic carbocycles. The SMILES string of the molecule is O=C(NC(=S)NCc1ccc(Cl)cc1Cl)c1cccc(OCCOc2ccccc2)c1. The molecule has 2 N–H and O–H groups in total. The van der Waals surface area contributed by atoms with Crippen LogP contribution in [0.1, 0.15) is 15.9 Å². The Morgan fingerprint density at radius 2 is 1.58 bits per heavy atom. The molecule has 31 heavy (non-hydrogen) atoms. The van der Waals surface area contributed by atoms with Gasteiger partial charge in [0, 0.05) is 22.2 Å². The van der Waals surface area contributed by atoms with Crippen molar-refractivity contribution in [2.75, 3.05) is 13.2 Å². The van der Waals surface area contributed by atoms with E-state index in [-0.39, 0.29) is 11.0 Å². The zero-order valence-electron chi connectivity index (χ0n) is 16.4. The van der Waals surface area contributed by atoms with Crippen LogP contribution in [0.15, 0.2) is 72.8 Å². The highest BCUT2D eigenvalue weighted by Gasteiger charge is 2.10. The second-order valence-corrected chi connectivity index (χ2v) is 7.66. The molecule has 1 amide bonds. The second-order valence-electron chi connectivity index (χ2n) is 6.41. The van der Waals surface area contributed by atoms with Gasteiger partial charge in [0.1, 0.15) is 24.7 Å². The van der Waals surface area contributed by atoms with Crippen LogP contribution in [-0.2, 0) is 6.54 Å². The Morgan fingerprint density at radius 3 is 2.32 bits per heavy atom. The third kappa shape index (κ3) is 7.43. The topological polar surface area (TPSA) is 59.6 Å². The molecule has 3 aromatic carbocycles. The molecule has 3 aromatic rings. The lowest BCUT2D eigenvalue weighted by Gasteiger charge is -2.12. The van der Waals surface area contributed by atoms with Crippen molar-refractivity contribution >= 4 is 46.4 Å². The summed E-state index contributed by atoms with van der Waals surface area (Å²) in [4.78, 5) is 12.5. The van der Waals surface area contributed by atoms with Crippen molar-refractivity contribution in [1.29, 1.82) is 0 Å². The third-order valence-electron chi connectivity index (χ3n) is 4.14. The van der Waals surface area contributed by atoms with Crippen molar-refractivity contribution in [3.63, 3.8) is 0 Å². The number of benzene rings is 3. The maximum atomic E-state index is 12.5. The van der Waals surface area contributed by atoms with Crippen LogP contribution in [0.5, 0.6) is 11.5 Å². The number of hydrogen-bond acceptors (Lipinski definition) is 4. The van der Waals surface area contributed by atoms with Gasteiger partial charge >= 0.3 is 0 Å². The number of hydrogen-bond donors (Lipinski definition) is 2. The second kappa shape index (κ2) is 11.6. The van der Waals surface area contributed by atoms with Gasteiger partial charge in [-0.2, -0.15) is 0 Å². The number of halogens is 2. The van der Waals surface area contributed by atoms with Crippen LogP contribution in [0.3, 0.4) is 0 Å². The Balaban J connectivity index is 1.45. The molecule has 0 heterocycles. The minimum absolute atomic E-state index is 0.193. The zero-order chi connectivity index (χ0) is 22.1. The molecular formula is C23H20Cl2N2O3S. The number of nitrogens with one attached hydrogen (secondary N) is 2. The van der Waals surface area contributed by atoms with Crippen molar-refractivity contribution in [3.8, 4) is 11.5 Å². The van der Waals surface area contributed by atoms with Gasteiger partial charge in [-0.25, -0.2) is 0 Å². The number of ether oxygens (including phenoxy) is 2. The van der Waals surface area contributed by atoms with E-state index in [2.05, 4.69) is 10.6 Å². The third-order valence-corrected chi connectivity index (χ3v) is 4.98. The average molecular weight is 475 g/mol. The van der Waals surface area contributed by atoms with Gasteiger partial charge in [-0.05, 0) is 60.2 Å². The largest absolute Gasteiger partial charge is 0.490 e. The highest BCUT2D eigenvalue weighted by molar-refractivity contribution is 7.80. The van der Waals surface area contributed by atoms with Gasteiger partial charge in [0.2, 0.25) is 0 Å². The highest BCUT2D eigenvalue weighted by Crippen LogP contribution is 2.20. The molecule has 8 heteroatoms. The fourth-order valence-electron chi connectivity index (χ4n) is 2.62. The summed E-state index contributed by atoms with van der Waals surface area (Å²) in [7, 11) is 0. The van der Waals surface area contributed by atoms with E-state index in [1.54, 1.807) is 42.5 Å². The van der Waals surface area contributed by atoms with Crippen molar-refractivity contribution in [3.05, 3.63) is 94.0 Å². The molecular weight excluding hydrogens is 455 g/mol. The van der Waals surface area contributed by atoms with Crippen molar-refractivity contribution in [2.24, 2.45) is 0 Å². The number of rotatable bonds is 8. The van der Waals surface area contributed by atoms with E-state index in [9.17, 15) is 4.79 Å². The molecule has 5 nitrogen and oxygen atoms in total. The van der Waals surface area contributed by atoms with Gasteiger partial charge in [0.25, 0.3) is 5.91 Å². The summed E-state index contributed by atoms with van der Waals surface area (Å²) >= 11 is 17.2. The van der Waals surface area contributed by atoms with Crippen LogP contribution in [0.25, 0.3) is 0 Å². The molecule has 3 rings (SSSR count). The van der Waals surface area contributed by atoms with E-state index in [4.69, 9.17) is 44.9 Å². The van der Waals surface area contributed by atoms with Gasteiger partial charge in [0.05, 0.1) is 0 Å². The molecule has 0 aliphatic rings. The molecule has 160 valence electrons. The molecule has 0 saturated heterocycles. The van der Waals surface area contributed by atoms with E-state index in [0.29, 0.717) is 41.1 Å². The number of carbonyl (C=O) groups excluding carboxylic acids is 1. The summed E-state index contributed by atoms with van der Waals surface area (Å²) in [6.45, 7) is 1.10. The Morgan fingerprint density at radius 1 is 0.871 bits per heavy atom. The van der Waals surface area contributed by atoms with Gasteiger partial charge < -0.3 is 14.8 Å². The molecule has 0 atom stereocenters. The summed E-state index contributed by atoms with van der Waals surface area (Å²) in [5.41, 5.74) is 1.24. The Labute approximate surface area is 196 Å². The van der Waals surface area contributed by atoms with E-state index < -0.39 is 0 Å². The molecule has 0 aliphatic heterocycles. The first-order valence-electron chi connectivity index (χ1n) is 9.45. The Bertz CT molecular complexity index is 1050. The van der Waals surface area contributed by atoms with Gasteiger partial charge in [-0.15, -0.1) is 0 Å². The van der Waals surface area contributed by atoms with Crippen LogP contribution in [0.4, 0.5) is 0 Å². The Kier molecular flexibility index (Phi) is 8.53. The average Bonchev–Trinajstić information content (AvgIpc) is 2.77. The summed E-state index contributed by atoms with van der Waals surface area (Å²) in [5.74, 6) is 1.00. The normalized spacial score (nSPS) is 10.3. The fourth-order valence-corrected chi connectivity index (χ4v) is 3.26. The van der Waals surface area contributed by atoms with Crippen LogP contribution >= 0.6 is 35.4 Å². The van der Waals surface area contributed by atoms with E-state index >= 15 is 0 Å². The monoisotopic (exact) mass is 474 g/mol. The number of amides is 1. The molecule has 0 saturated carbocycles. The molecule has 0 fully saturated rings. The van der Waals surface area contributed by atoms with Crippen LogP contribution in [0, 0.1) is 0 Å². The quantitative estimate of drug-likeness (QED) is 0.344. The first-order chi connectivity index (χ1) is 15.0. The van der Waals surface area contributed by atoms with Crippen molar-refractivity contribution in [1.82, 2.24) is 10.6 Å². The lowest BCUT2D eigenvalue weighted by molar-refractivity contribution is 0.0976. The predicted octanol–water partition coefficient (Wildman–Crippen LogP) is 5.26. The van der Waals surface area contributed by atoms with Crippen molar-refractivity contribution < 1.29 is 14.3 Å². The molecule has 0 spiro atoms. The first kappa shape index (κ1) is 22.9. The molecule has 0 unspecified atom stereocenters. The maximum Gasteiger partial charge on any atom is 0.257 e. The van der Waals surface area contributed by atoms with E-state index in [0.717, 1.165) is 11.3 Å². The summed E-state index contributed by atoms with van der Waals surface area (Å²) in [6.07, 6.45) is 0. The fraction of sp³-hybridized carbons (Fsp3) is 0.130. The summed E-state index contributed by atoms with van der Waals surface area (Å²) < 4.78 is 11.3. The van der Waals surface area contributed by atoms with Gasteiger partial charge in [0.15, 0.2) is 5.11 Å². The van der Waals surface area contributed by atoms with E-state index in [1.165, 1.54) is 0 Å². The first-order valence-corrected chi connectivity index (χ1v) is 10.6. The maximum absolute atomic E-state index is 12.5. The number of para-hydroxylation sites is 1. The molecule has 0 radical (unpaired) electrons. The minimum Gasteiger partial charge on any atom is -0.490 e. The van der Waals surface area contributed by atoms with Crippen LogP contribution in [-0.4, -0.2) is 24.2 Å². The van der Waals surface area contributed by atoms with Gasteiger partial charge in [-0.3, -0.25) is 10.1 Å². The highest BCUT2D eigenvalue weighted by atomic mass is 35.5. The molecule has 0 aromatic heterocycles. The summed E-state index contributed by atoms with van der Waals surface area (Å²) in [5, 5.41) is 6.87. The summed E-state index contributed by atoms with van der Waals surface area (Å²) in [6, 6.07) is 21.5. The number of carbonyl (C=O) groups is 1. The number of thiocarbonyl (C=S) groups is 1. The predicted molar refractivity (Wildman–Crippen MR) is 127 cm³/mol. The smallest absolute Gasteiger partial charge is 0.257 e. The van der Waals surface area contributed by atoms with E-state index in [1.807, 2.05) is 30.3 Å². The van der Waals surface area contributed by atoms with Crippen molar-refractivity contribution in [2.45, 2.75) is 6.54 Å². The lowest BCUT2D eigenvalue weighted by atomic mass is 10.2. The minimum atomic E-state index is -0.342. The van der Waals surface area contributed by atoms with Gasteiger partial charge in [-0.1, -0.05) is 53.5 Å². The molecule has 0 bridgehead atoms. The standard InChI is InChI=1S/C23H20Cl2N2O3S/c24-18-10-9-17(21(25)14-18)15-26-23(31)27-22(28)16-5-4-8-20(13-16)30-12-11-29-19-6-2-1-3-7-19/h1-10,13-14H,11-12,15H2,(H2,26,27,28,31). The zero-order valence-corrected chi connectivity index (χ0v) is 18.8. The van der Waals surface area contributed by atoms with Crippen LogP contribution in [0.2, 0.25) is 10.0 Å². The Hall–Kier alpha value is -2.80. The lowest BCUT2D eigenvalue weighted by Crippen LogP contribution is -2.38. The van der Waals surface area contributed by atoms with Crippen LogP contribution < -0.4 is 20.1 Å².